The predicted octanol–water partition coefficient (Wildman–Crippen LogP) is 4.74. The third kappa shape index (κ3) is 6.02. The molecule has 0 atom stereocenters. The molecule has 212 valence electrons. The molecule has 0 saturated carbocycles. The molecule has 3 aliphatic rings. The monoisotopic (exact) mass is 569 g/mol. The van der Waals surface area contributed by atoms with E-state index in [0.717, 1.165) is 92.0 Å². The molecule has 8 nitrogen and oxygen atoms in total. The van der Waals surface area contributed by atoms with Gasteiger partial charge in [0, 0.05) is 64.0 Å². The van der Waals surface area contributed by atoms with Gasteiger partial charge in [-0.1, -0.05) is 47.7 Å². The Morgan fingerprint density at radius 3 is 2.41 bits per heavy atom. The summed E-state index contributed by atoms with van der Waals surface area (Å²) in [5, 5.41) is 4.31. The molecule has 0 spiro atoms. The summed E-state index contributed by atoms with van der Waals surface area (Å²) in [7, 11) is 0. The molecule has 1 aromatic heterocycles. The minimum absolute atomic E-state index is 0.0143. The number of ether oxygens (including phenoxy) is 2. The smallest absolute Gasteiger partial charge is 0.251 e. The molecule has 0 bridgehead atoms. The lowest BCUT2D eigenvalue weighted by atomic mass is 10.0. The molecule has 4 aromatic rings. The van der Waals surface area contributed by atoms with Gasteiger partial charge in [-0.25, -0.2) is 4.98 Å². The van der Waals surface area contributed by atoms with Crippen molar-refractivity contribution in [3.63, 3.8) is 0 Å². The van der Waals surface area contributed by atoms with E-state index in [1.165, 1.54) is 11.1 Å². The molecular formula is C32H35N5O3S. The van der Waals surface area contributed by atoms with Gasteiger partial charge in [0.25, 0.3) is 5.91 Å². The molecule has 7 rings (SSSR count). The molecule has 2 saturated heterocycles. The van der Waals surface area contributed by atoms with Gasteiger partial charge in [0.15, 0.2) is 16.6 Å². The van der Waals surface area contributed by atoms with Crippen molar-refractivity contribution >= 4 is 32.6 Å². The quantitative estimate of drug-likeness (QED) is 0.345. The topological polar surface area (TPSA) is 70.2 Å². The second-order valence-electron chi connectivity index (χ2n) is 11.1. The maximum atomic E-state index is 13.1. The summed E-state index contributed by atoms with van der Waals surface area (Å²) in [6.45, 7) is 7.99. The van der Waals surface area contributed by atoms with Crippen molar-refractivity contribution < 1.29 is 14.3 Å². The average molecular weight is 570 g/mol. The van der Waals surface area contributed by atoms with Crippen LogP contribution < -0.4 is 19.7 Å². The van der Waals surface area contributed by atoms with Crippen LogP contribution in [0, 0.1) is 0 Å². The first-order chi connectivity index (χ1) is 20.2. The SMILES string of the molecule is O=C(NC1CCN(Cc2ccccc2)CC1)c1ccc2nc(N3CCN(Cc4ccc5c(c4)OCO5)CC3)sc2c1. The van der Waals surface area contributed by atoms with E-state index in [2.05, 4.69) is 62.5 Å². The van der Waals surface area contributed by atoms with Crippen molar-refractivity contribution in [2.45, 2.75) is 32.0 Å². The third-order valence-corrected chi connectivity index (χ3v) is 9.38. The fourth-order valence-corrected chi connectivity index (χ4v) is 6.99. The standard InChI is InChI=1S/C32H35N5O3S/c38-31(33-26-10-12-35(13-11-26)20-23-4-2-1-3-5-23)25-7-8-27-30(19-25)41-32(34-27)37-16-14-36(15-17-37)21-24-6-9-28-29(18-24)40-22-39-28/h1-9,18-19,26H,10-17,20-22H2,(H,33,38). The number of piperazine rings is 1. The Balaban J connectivity index is 0.915. The molecule has 2 fully saturated rings. The van der Waals surface area contributed by atoms with Crippen LogP contribution in [0.3, 0.4) is 0 Å². The molecule has 3 aromatic carbocycles. The number of nitrogens with one attached hydrogen (secondary N) is 1. The second-order valence-corrected chi connectivity index (χ2v) is 12.1. The number of carbonyl (C=O) groups is 1. The Bertz CT molecular complexity index is 1510. The number of carbonyl (C=O) groups excluding carboxylic acids is 1. The Labute approximate surface area is 244 Å². The van der Waals surface area contributed by atoms with E-state index in [1.54, 1.807) is 11.3 Å². The van der Waals surface area contributed by atoms with Crippen molar-refractivity contribution in [1.29, 1.82) is 0 Å². The lowest BCUT2D eigenvalue weighted by Crippen LogP contribution is -2.45. The number of nitrogens with zero attached hydrogens (tertiary/aromatic N) is 4. The number of benzene rings is 3. The maximum absolute atomic E-state index is 13.1. The van der Waals surface area contributed by atoms with Gasteiger partial charge in [-0.05, 0) is 54.3 Å². The van der Waals surface area contributed by atoms with E-state index in [4.69, 9.17) is 14.5 Å². The third-order valence-electron chi connectivity index (χ3n) is 8.30. The van der Waals surface area contributed by atoms with Gasteiger partial charge in [0.2, 0.25) is 6.79 Å². The van der Waals surface area contributed by atoms with Crippen LogP contribution in [0.4, 0.5) is 5.13 Å². The number of likely N-dealkylation sites (tertiary alicyclic amines) is 1. The number of anilines is 1. The van der Waals surface area contributed by atoms with Gasteiger partial charge in [0.05, 0.1) is 10.2 Å². The summed E-state index contributed by atoms with van der Waals surface area (Å²) < 4.78 is 12.0. The number of hydrogen-bond donors (Lipinski definition) is 1. The van der Waals surface area contributed by atoms with Crippen LogP contribution in [0.5, 0.6) is 11.5 Å². The first kappa shape index (κ1) is 26.3. The Hall–Kier alpha value is -3.66. The number of amides is 1. The Kier molecular flexibility index (Phi) is 7.48. The van der Waals surface area contributed by atoms with Crippen molar-refractivity contribution in [2.75, 3.05) is 51.0 Å². The van der Waals surface area contributed by atoms with Crippen LogP contribution in [0.25, 0.3) is 10.2 Å². The van der Waals surface area contributed by atoms with Crippen LogP contribution in [0.2, 0.25) is 0 Å². The molecule has 1 amide bonds. The summed E-state index contributed by atoms with van der Waals surface area (Å²) in [6.07, 6.45) is 1.96. The first-order valence-electron chi connectivity index (χ1n) is 14.5. The van der Waals surface area contributed by atoms with Gasteiger partial charge < -0.3 is 19.7 Å². The van der Waals surface area contributed by atoms with E-state index in [0.29, 0.717) is 12.4 Å². The van der Waals surface area contributed by atoms with Gasteiger partial charge in [-0.3, -0.25) is 14.6 Å². The van der Waals surface area contributed by atoms with E-state index >= 15 is 0 Å². The first-order valence-corrected chi connectivity index (χ1v) is 15.3. The number of piperidine rings is 1. The fourth-order valence-electron chi connectivity index (χ4n) is 5.93. The summed E-state index contributed by atoms with van der Waals surface area (Å²) in [5.74, 6) is 1.68. The van der Waals surface area contributed by atoms with E-state index in [-0.39, 0.29) is 11.9 Å². The van der Waals surface area contributed by atoms with Crippen LogP contribution >= 0.6 is 11.3 Å². The van der Waals surface area contributed by atoms with Crippen molar-refractivity contribution in [3.8, 4) is 11.5 Å². The molecular weight excluding hydrogens is 534 g/mol. The highest BCUT2D eigenvalue weighted by atomic mass is 32.1. The van der Waals surface area contributed by atoms with E-state index in [1.807, 2.05) is 24.3 Å². The Morgan fingerprint density at radius 2 is 1.59 bits per heavy atom. The van der Waals surface area contributed by atoms with Crippen molar-refractivity contribution in [1.82, 2.24) is 20.1 Å². The minimum Gasteiger partial charge on any atom is -0.454 e. The highest BCUT2D eigenvalue weighted by Gasteiger charge is 2.23. The molecule has 3 aliphatic heterocycles. The highest BCUT2D eigenvalue weighted by Crippen LogP contribution is 2.33. The number of fused-ring (bicyclic) bond motifs is 2. The predicted molar refractivity (Wildman–Crippen MR) is 162 cm³/mol. The van der Waals surface area contributed by atoms with Crippen LogP contribution in [0.15, 0.2) is 66.7 Å². The van der Waals surface area contributed by atoms with Gasteiger partial charge >= 0.3 is 0 Å². The summed E-state index contributed by atoms with van der Waals surface area (Å²) in [6, 6.07) is 22.9. The molecule has 9 heteroatoms. The number of rotatable bonds is 7. The van der Waals surface area contributed by atoms with Crippen LogP contribution in [0.1, 0.15) is 34.3 Å². The zero-order valence-corrected chi connectivity index (χ0v) is 23.9. The summed E-state index contributed by atoms with van der Waals surface area (Å²) in [4.78, 5) is 25.3. The zero-order chi connectivity index (χ0) is 27.6. The molecule has 4 heterocycles. The van der Waals surface area contributed by atoms with Crippen LogP contribution in [-0.4, -0.2) is 72.8 Å². The number of aromatic nitrogens is 1. The van der Waals surface area contributed by atoms with E-state index in [9.17, 15) is 4.79 Å². The maximum Gasteiger partial charge on any atom is 0.251 e. The van der Waals surface area contributed by atoms with Gasteiger partial charge in [-0.15, -0.1) is 0 Å². The van der Waals surface area contributed by atoms with Crippen molar-refractivity contribution in [2.24, 2.45) is 0 Å². The average Bonchev–Trinajstić information content (AvgIpc) is 3.65. The van der Waals surface area contributed by atoms with E-state index < -0.39 is 0 Å². The van der Waals surface area contributed by atoms with Gasteiger partial charge in [0.1, 0.15) is 0 Å². The number of hydrogen-bond acceptors (Lipinski definition) is 8. The zero-order valence-electron chi connectivity index (χ0n) is 23.1. The van der Waals surface area contributed by atoms with Gasteiger partial charge in [-0.2, -0.15) is 0 Å². The molecule has 0 radical (unpaired) electrons. The summed E-state index contributed by atoms with van der Waals surface area (Å²) >= 11 is 1.68. The number of thiazole rings is 1. The fraction of sp³-hybridized carbons (Fsp3) is 0.375. The highest BCUT2D eigenvalue weighted by molar-refractivity contribution is 7.22. The molecule has 1 N–H and O–H groups in total. The minimum atomic E-state index is 0.0143. The Morgan fingerprint density at radius 1 is 0.829 bits per heavy atom. The normalized spacial score (nSPS) is 18.2. The van der Waals surface area contributed by atoms with Crippen LogP contribution in [-0.2, 0) is 13.1 Å². The lowest BCUT2D eigenvalue weighted by molar-refractivity contribution is 0.0909. The molecule has 0 aliphatic carbocycles. The summed E-state index contributed by atoms with van der Waals surface area (Å²) in [5.41, 5.74) is 4.26. The molecule has 0 unspecified atom stereocenters. The second kappa shape index (κ2) is 11.7. The lowest BCUT2D eigenvalue weighted by Gasteiger charge is -2.34. The largest absolute Gasteiger partial charge is 0.454 e. The molecule has 41 heavy (non-hydrogen) atoms. The van der Waals surface area contributed by atoms with Crippen molar-refractivity contribution in [3.05, 3.63) is 83.4 Å².